The summed E-state index contributed by atoms with van der Waals surface area (Å²) in [6.07, 6.45) is 5.10. The van der Waals surface area contributed by atoms with Crippen molar-refractivity contribution in [2.45, 2.75) is 12.5 Å². The number of hydrogen-bond donors (Lipinski definition) is 2. The smallest absolute Gasteiger partial charge is 0.232 e. The second-order valence-corrected chi connectivity index (χ2v) is 3.20. The van der Waals surface area contributed by atoms with Gasteiger partial charge in [-0.15, -0.1) is 6.42 Å². The van der Waals surface area contributed by atoms with E-state index in [1.165, 1.54) is 0 Å². The molecule has 3 N–H and O–H groups in total. The minimum atomic E-state index is -0.187. The average molecular weight is 202 g/mol. The Labute approximate surface area is 89.7 Å². The zero-order chi connectivity index (χ0) is 11.1. The molecule has 15 heavy (non-hydrogen) atoms. The molecule has 78 valence electrons. The maximum atomic E-state index is 11.1. The molecule has 0 saturated carbocycles. The SMILES string of the molecule is C#CCC(=O)NCC(N)c1ccccc1. The van der Waals surface area contributed by atoms with Crippen molar-refractivity contribution in [2.75, 3.05) is 6.54 Å². The van der Waals surface area contributed by atoms with Gasteiger partial charge in [0.15, 0.2) is 0 Å². The molecule has 0 heterocycles. The van der Waals surface area contributed by atoms with Crippen LogP contribution in [0.2, 0.25) is 0 Å². The third-order valence-electron chi connectivity index (χ3n) is 2.01. The van der Waals surface area contributed by atoms with Crippen LogP contribution in [-0.4, -0.2) is 12.5 Å². The van der Waals surface area contributed by atoms with Crippen LogP contribution in [0.5, 0.6) is 0 Å². The monoisotopic (exact) mass is 202 g/mol. The Bertz CT molecular complexity index is 354. The molecule has 0 spiro atoms. The van der Waals surface area contributed by atoms with Crippen molar-refractivity contribution in [1.82, 2.24) is 5.32 Å². The Morgan fingerprint density at radius 3 is 2.73 bits per heavy atom. The Morgan fingerprint density at radius 1 is 1.47 bits per heavy atom. The van der Waals surface area contributed by atoms with Gasteiger partial charge in [0.05, 0.1) is 6.42 Å². The second-order valence-electron chi connectivity index (χ2n) is 3.20. The van der Waals surface area contributed by atoms with Crippen LogP contribution in [-0.2, 0) is 4.79 Å². The molecule has 0 aliphatic carbocycles. The lowest BCUT2D eigenvalue weighted by atomic mass is 10.1. The van der Waals surface area contributed by atoms with Crippen molar-refractivity contribution in [1.29, 1.82) is 0 Å². The summed E-state index contributed by atoms with van der Waals surface area (Å²) in [5, 5.41) is 2.68. The fourth-order valence-electron chi connectivity index (χ4n) is 1.20. The predicted octanol–water partition coefficient (Wildman–Crippen LogP) is 0.826. The number of nitrogens with one attached hydrogen (secondary N) is 1. The van der Waals surface area contributed by atoms with E-state index in [0.717, 1.165) is 5.56 Å². The summed E-state index contributed by atoms with van der Waals surface area (Å²) in [5.41, 5.74) is 6.87. The van der Waals surface area contributed by atoms with E-state index in [4.69, 9.17) is 12.2 Å². The molecule has 1 aromatic rings. The lowest BCUT2D eigenvalue weighted by Gasteiger charge is -2.12. The summed E-state index contributed by atoms with van der Waals surface area (Å²) in [7, 11) is 0. The third kappa shape index (κ3) is 3.84. The molecule has 0 aliphatic rings. The van der Waals surface area contributed by atoms with Crippen LogP contribution in [0.25, 0.3) is 0 Å². The van der Waals surface area contributed by atoms with Crippen molar-refractivity contribution in [3.8, 4) is 12.3 Å². The number of rotatable bonds is 4. The average Bonchev–Trinajstić information content (AvgIpc) is 2.27. The van der Waals surface area contributed by atoms with E-state index in [1.807, 2.05) is 30.3 Å². The lowest BCUT2D eigenvalue weighted by molar-refractivity contribution is -0.120. The Morgan fingerprint density at radius 2 is 2.13 bits per heavy atom. The molecular formula is C12H14N2O. The van der Waals surface area contributed by atoms with E-state index in [0.29, 0.717) is 6.54 Å². The summed E-state index contributed by atoms with van der Waals surface area (Å²) >= 11 is 0. The lowest BCUT2D eigenvalue weighted by Crippen LogP contribution is -2.31. The largest absolute Gasteiger partial charge is 0.353 e. The van der Waals surface area contributed by atoms with Crippen LogP contribution in [0.15, 0.2) is 30.3 Å². The van der Waals surface area contributed by atoms with E-state index >= 15 is 0 Å². The number of carbonyl (C=O) groups excluding carboxylic acids is 1. The van der Waals surface area contributed by atoms with E-state index < -0.39 is 0 Å². The summed E-state index contributed by atoms with van der Waals surface area (Å²) in [6, 6.07) is 9.42. The van der Waals surface area contributed by atoms with Gasteiger partial charge in [-0.05, 0) is 5.56 Å². The number of carbonyl (C=O) groups is 1. The van der Waals surface area contributed by atoms with Crippen LogP contribution < -0.4 is 11.1 Å². The molecule has 1 unspecified atom stereocenters. The highest BCUT2D eigenvalue weighted by Crippen LogP contribution is 2.07. The van der Waals surface area contributed by atoms with Gasteiger partial charge in [-0.1, -0.05) is 36.3 Å². The first-order valence-electron chi connectivity index (χ1n) is 4.74. The van der Waals surface area contributed by atoms with Crippen LogP contribution in [0.3, 0.4) is 0 Å². The molecule has 0 saturated heterocycles. The van der Waals surface area contributed by atoms with Gasteiger partial charge in [0.2, 0.25) is 5.91 Å². The molecule has 1 atom stereocenters. The molecule has 0 bridgehead atoms. The molecule has 1 aromatic carbocycles. The van der Waals surface area contributed by atoms with Gasteiger partial charge in [0.1, 0.15) is 0 Å². The highest BCUT2D eigenvalue weighted by molar-refractivity contribution is 5.78. The standard InChI is InChI=1S/C12H14N2O/c1-2-6-12(15)14-9-11(13)10-7-4-3-5-8-10/h1,3-5,7-8,11H,6,9,13H2,(H,14,15). The van der Waals surface area contributed by atoms with Crippen LogP contribution in [0.4, 0.5) is 0 Å². The Kier molecular flexibility index (Phi) is 4.39. The van der Waals surface area contributed by atoms with E-state index in [2.05, 4.69) is 11.2 Å². The Balaban J connectivity index is 2.41. The summed E-state index contributed by atoms with van der Waals surface area (Å²) in [5.74, 6) is 2.12. The zero-order valence-corrected chi connectivity index (χ0v) is 8.44. The fourth-order valence-corrected chi connectivity index (χ4v) is 1.20. The maximum Gasteiger partial charge on any atom is 0.232 e. The van der Waals surface area contributed by atoms with Gasteiger partial charge < -0.3 is 11.1 Å². The topological polar surface area (TPSA) is 55.1 Å². The van der Waals surface area contributed by atoms with Crippen molar-refractivity contribution in [2.24, 2.45) is 5.73 Å². The number of benzene rings is 1. The molecule has 0 aromatic heterocycles. The highest BCUT2D eigenvalue weighted by atomic mass is 16.1. The van der Waals surface area contributed by atoms with Crippen molar-refractivity contribution in [3.63, 3.8) is 0 Å². The number of hydrogen-bond acceptors (Lipinski definition) is 2. The van der Waals surface area contributed by atoms with E-state index in [1.54, 1.807) is 0 Å². The quantitative estimate of drug-likeness (QED) is 0.710. The van der Waals surface area contributed by atoms with Gasteiger partial charge in [-0.25, -0.2) is 0 Å². The van der Waals surface area contributed by atoms with Crippen molar-refractivity contribution in [3.05, 3.63) is 35.9 Å². The Hall–Kier alpha value is -1.79. The van der Waals surface area contributed by atoms with E-state index in [9.17, 15) is 4.79 Å². The molecule has 0 aliphatic heterocycles. The first kappa shape index (κ1) is 11.3. The minimum Gasteiger partial charge on any atom is -0.353 e. The minimum absolute atomic E-state index is 0.0987. The second kappa shape index (κ2) is 5.84. The number of nitrogens with two attached hydrogens (primary N) is 1. The molecule has 0 fully saturated rings. The summed E-state index contributed by atoms with van der Waals surface area (Å²) in [4.78, 5) is 11.1. The summed E-state index contributed by atoms with van der Waals surface area (Å²) < 4.78 is 0. The number of terminal acetylenes is 1. The maximum absolute atomic E-state index is 11.1. The first-order valence-corrected chi connectivity index (χ1v) is 4.74. The zero-order valence-electron chi connectivity index (χ0n) is 8.44. The summed E-state index contributed by atoms with van der Waals surface area (Å²) in [6.45, 7) is 0.407. The predicted molar refractivity (Wildman–Crippen MR) is 59.8 cm³/mol. The van der Waals surface area contributed by atoms with Gasteiger partial charge >= 0.3 is 0 Å². The number of amides is 1. The molecule has 1 rings (SSSR count). The molecule has 3 nitrogen and oxygen atoms in total. The first-order chi connectivity index (χ1) is 7.24. The van der Waals surface area contributed by atoms with Crippen LogP contribution in [0.1, 0.15) is 18.0 Å². The van der Waals surface area contributed by atoms with Gasteiger partial charge in [-0.2, -0.15) is 0 Å². The van der Waals surface area contributed by atoms with Crippen LogP contribution in [0, 0.1) is 12.3 Å². The van der Waals surface area contributed by atoms with Gasteiger partial charge in [0.25, 0.3) is 0 Å². The highest BCUT2D eigenvalue weighted by Gasteiger charge is 2.06. The van der Waals surface area contributed by atoms with E-state index in [-0.39, 0.29) is 18.4 Å². The molecule has 0 radical (unpaired) electrons. The van der Waals surface area contributed by atoms with Gasteiger partial charge in [-0.3, -0.25) is 4.79 Å². The van der Waals surface area contributed by atoms with Gasteiger partial charge in [0, 0.05) is 12.6 Å². The van der Waals surface area contributed by atoms with Crippen molar-refractivity contribution >= 4 is 5.91 Å². The normalized spacial score (nSPS) is 11.5. The molecular weight excluding hydrogens is 188 g/mol. The van der Waals surface area contributed by atoms with Crippen molar-refractivity contribution < 1.29 is 4.79 Å². The molecule has 1 amide bonds. The fraction of sp³-hybridized carbons (Fsp3) is 0.250. The van der Waals surface area contributed by atoms with Crippen LogP contribution >= 0.6 is 0 Å². The third-order valence-corrected chi connectivity index (χ3v) is 2.01. The molecule has 3 heteroatoms.